The molecular weight excluding hydrogens is 545 g/mol. The maximum absolute atomic E-state index is 14.0. The summed E-state index contributed by atoms with van der Waals surface area (Å²) in [5, 5.41) is 12.1. The third-order valence-corrected chi connectivity index (χ3v) is 10.0. The summed E-state index contributed by atoms with van der Waals surface area (Å²) in [5.41, 5.74) is 3.68. The van der Waals surface area contributed by atoms with Crippen molar-refractivity contribution in [3.8, 4) is 0 Å². The molecule has 0 saturated heterocycles. The fourth-order valence-electron chi connectivity index (χ4n) is 7.59. The van der Waals surface area contributed by atoms with Gasteiger partial charge in [-0.1, -0.05) is 103 Å². The van der Waals surface area contributed by atoms with Crippen molar-refractivity contribution in [2.75, 3.05) is 19.6 Å². The predicted octanol–water partition coefficient (Wildman–Crippen LogP) is 10.1. The average molecular weight is 606 g/mol. The lowest BCUT2D eigenvalue weighted by molar-refractivity contribution is -0.0315. The fourth-order valence-corrected chi connectivity index (χ4v) is 7.59. The van der Waals surface area contributed by atoms with E-state index in [4.69, 9.17) is 4.98 Å². The molecular formula is C39H60FN3O. The van der Waals surface area contributed by atoms with Gasteiger partial charge in [-0.3, -0.25) is 0 Å². The summed E-state index contributed by atoms with van der Waals surface area (Å²) in [7, 11) is 0. The highest BCUT2D eigenvalue weighted by atomic mass is 19.1. The Hall–Kier alpha value is -2.24. The molecule has 1 aromatic heterocycles. The first kappa shape index (κ1) is 34.6. The molecule has 0 aliphatic heterocycles. The second-order valence-corrected chi connectivity index (χ2v) is 14.0. The van der Waals surface area contributed by atoms with Crippen molar-refractivity contribution in [1.82, 2.24) is 14.9 Å². The van der Waals surface area contributed by atoms with Crippen molar-refractivity contribution >= 4 is 11.0 Å². The minimum Gasteiger partial charge on any atom is -0.389 e. The van der Waals surface area contributed by atoms with Gasteiger partial charge in [0.1, 0.15) is 11.6 Å². The smallest absolute Gasteiger partial charge is 0.123 e. The van der Waals surface area contributed by atoms with Crippen molar-refractivity contribution in [2.45, 2.75) is 141 Å². The molecule has 0 saturated carbocycles. The first-order chi connectivity index (χ1) is 21.4. The van der Waals surface area contributed by atoms with Crippen LogP contribution in [-0.4, -0.2) is 45.2 Å². The number of aromatic nitrogens is 2. The van der Waals surface area contributed by atoms with Crippen LogP contribution in [0.5, 0.6) is 0 Å². The van der Waals surface area contributed by atoms with Crippen molar-refractivity contribution in [3.05, 3.63) is 65.2 Å². The summed E-state index contributed by atoms with van der Waals surface area (Å²) in [5.74, 6) is 1.28. The van der Waals surface area contributed by atoms with Crippen LogP contribution in [0.15, 0.2) is 42.5 Å². The van der Waals surface area contributed by atoms with E-state index in [1.54, 1.807) is 12.1 Å². The summed E-state index contributed by atoms with van der Waals surface area (Å²) in [6, 6.07) is 13.5. The molecule has 0 bridgehead atoms. The zero-order chi connectivity index (χ0) is 31.2. The molecule has 2 N–H and O–H groups in total. The van der Waals surface area contributed by atoms with Crippen LogP contribution in [0.3, 0.4) is 0 Å². The number of unbranched alkanes of at least 4 members (excludes halogenated alkanes) is 11. The van der Waals surface area contributed by atoms with E-state index in [-0.39, 0.29) is 11.7 Å². The summed E-state index contributed by atoms with van der Waals surface area (Å²) >= 11 is 0. The number of fused-ring (bicyclic) bond motifs is 2. The molecule has 5 heteroatoms. The van der Waals surface area contributed by atoms with Crippen LogP contribution >= 0.6 is 0 Å². The molecule has 4 nitrogen and oxygen atoms in total. The highest BCUT2D eigenvalue weighted by molar-refractivity contribution is 5.74. The molecule has 1 heterocycles. The Kier molecular flexibility index (Phi) is 14.2. The number of para-hydroxylation sites is 2. The molecule has 0 spiro atoms. The van der Waals surface area contributed by atoms with Gasteiger partial charge in [0, 0.05) is 18.9 Å². The van der Waals surface area contributed by atoms with Crippen LogP contribution in [0.1, 0.15) is 140 Å². The highest BCUT2D eigenvalue weighted by Crippen LogP contribution is 2.45. The Morgan fingerprint density at radius 2 is 1.55 bits per heavy atom. The quantitative estimate of drug-likeness (QED) is 0.119. The Bertz CT molecular complexity index is 1210. The van der Waals surface area contributed by atoms with Crippen LogP contribution < -0.4 is 0 Å². The summed E-state index contributed by atoms with van der Waals surface area (Å²) in [6.45, 7) is 9.82. The van der Waals surface area contributed by atoms with Gasteiger partial charge in [0.25, 0.3) is 0 Å². The standard InChI is InChI=1S/C39H60FN3O/c1-4-5-6-7-8-9-10-11-12-17-27-43(28-18-13-14-21-37-41-35-19-15-16-20-36(35)42-37)29-26-39(44)25-24-32-30-33(40)22-23-34(32)38(39)31(2)3/h15-16,19-20,22-23,30-31,38,44H,4-14,17-18,21,24-29H2,1-3H3,(H,41,42)/t38-,39-/m0/s1. The first-order valence-corrected chi connectivity index (χ1v) is 18.1. The van der Waals surface area contributed by atoms with Gasteiger partial charge in [-0.15, -0.1) is 0 Å². The number of aliphatic hydroxyl groups is 1. The number of rotatable bonds is 21. The lowest BCUT2D eigenvalue weighted by atomic mass is 9.66. The molecule has 0 fully saturated rings. The Morgan fingerprint density at radius 3 is 2.23 bits per heavy atom. The van der Waals surface area contributed by atoms with E-state index in [9.17, 15) is 9.50 Å². The number of H-pyrrole nitrogens is 1. The van der Waals surface area contributed by atoms with Crippen LogP contribution in [0.25, 0.3) is 11.0 Å². The maximum atomic E-state index is 14.0. The number of aromatic amines is 1. The summed E-state index contributed by atoms with van der Waals surface area (Å²) < 4.78 is 14.0. The van der Waals surface area contributed by atoms with Gasteiger partial charge >= 0.3 is 0 Å². The van der Waals surface area contributed by atoms with Gasteiger partial charge in [0.05, 0.1) is 16.6 Å². The van der Waals surface area contributed by atoms with Crippen molar-refractivity contribution < 1.29 is 9.50 Å². The van der Waals surface area contributed by atoms with Gasteiger partial charge < -0.3 is 15.0 Å². The molecule has 4 rings (SSSR count). The van der Waals surface area contributed by atoms with Crippen molar-refractivity contribution in [3.63, 3.8) is 0 Å². The molecule has 44 heavy (non-hydrogen) atoms. The second-order valence-electron chi connectivity index (χ2n) is 14.0. The molecule has 2 atom stereocenters. The van der Waals surface area contributed by atoms with E-state index in [1.807, 2.05) is 12.1 Å². The number of halogens is 1. The molecule has 0 amide bonds. The summed E-state index contributed by atoms with van der Waals surface area (Å²) in [4.78, 5) is 10.8. The maximum Gasteiger partial charge on any atom is 0.123 e. The fraction of sp³-hybridized carbons (Fsp3) is 0.667. The molecule has 2 aromatic carbocycles. The van der Waals surface area contributed by atoms with Crippen molar-refractivity contribution in [1.29, 1.82) is 0 Å². The van der Waals surface area contributed by atoms with Crippen LogP contribution in [0, 0.1) is 11.7 Å². The van der Waals surface area contributed by atoms with E-state index >= 15 is 0 Å². The Balaban J connectivity index is 1.26. The SMILES string of the molecule is CCCCCCCCCCCCN(CCCCCc1nc2ccccc2[nH]1)CC[C@@]1(O)CCc2cc(F)ccc2[C@@H]1C(C)C. The molecule has 0 unspecified atom stereocenters. The lowest BCUT2D eigenvalue weighted by Gasteiger charge is -2.44. The molecule has 1 aliphatic rings. The number of hydrogen-bond acceptors (Lipinski definition) is 3. The number of hydrogen-bond donors (Lipinski definition) is 2. The molecule has 0 radical (unpaired) electrons. The number of nitrogens with one attached hydrogen (secondary N) is 1. The van der Waals surface area contributed by atoms with E-state index in [2.05, 4.69) is 48.9 Å². The number of benzene rings is 2. The van der Waals surface area contributed by atoms with Gasteiger partial charge in [0.2, 0.25) is 0 Å². The zero-order valence-corrected chi connectivity index (χ0v) is 28.1. The lowest BCUT2D eigenvalue weighted by Crippen LogP contribution is -2.45. The minimum absolute atomic E-state index is 0.0508. The van der Waals surface area contributed by atoms with Crippen LogP contribution in [-0.2, 0) is 12.8 Å². The molecule has 1 aliphatic carbocycles. The van der Waals surface area contributed by atoms with Gasteiger partial charge in [-0.05, 0) is 92.9 Å². The molecule has 244 valence electrons. The zero-order valence-electron chi connectivity index (χ0n) is 28.1. The number of aryl methyl sites for hydroxylation is 2. The van der Waals surface area contributed by atoms with Gasteiger partial charge in [0.15, 0.2) is 0 Å². The van der Waals surface area contributed by atoms with Gasteiger partial charge in [-0.25, -0.2) is 9.37 Å². The first-order valence-electron chi connectivity index (χ1n) is 18.1. The Morgan fingerprint density at radius 1 is 0.886 bits per heavy atom. The van der Waals surface area contributed by atoms with Crippen LogP contribution in [0.2, 0.25) is 0 Å². The number of imidazole rings is 1. The van der Waals surface area contributed by atoms with E-state index in [1.165, 1.54) is 77.0 Å². The highest BCUT2D eigenvalue weighted by Gasteiger charge is 2.43. The van der Waals surface area contributed by atoms with E-state index in [0.29, 0.717) is 5.92 Å². The minimum atomic E-state index is -0.740. The average Bonchev–Trinajstić information content (AvgIpc) is 3.43. The van der Waals surface area contributed by atoms with E-state index in [0.717, 1.165) is 79.7 Å². The number of nitrogens with zero attached hydrogens (tertiary/aromatic N) is 2. The normalized spacial score (nSPS) is 18.5. The van der Waals surface area contributed by atoms with Crippen molar-refractivity contribution in [2.24, 2.45) is 5.92 Å². The monoisotopic (exact) mass is 605 g/mol. The summed E-state index contributed by atoms with van der Waals surface area (Å²) in [6.07, 6.45) is 20.3. The third kappa shape index (κ3) is 10.4. The largest absolute Gasteiger partial charge is 0.389 e. The van der Waals surface area contributed by atoms with Crippen LogP contribution in [0.4, 0.5) is 4.39 Å². The topological polar surface area (TPSA) is 52.2 Å². The predicted molar refractivity (Wildman–Crippen MR) is 184 cm³/mol. The molecule has 3 aromatic rings. The Labute approximate surface area is 267 Å². The van der Waals surface area contributed by atoms with Gasteiger partial charge in [-0.2, -0.15) is 0 Å². The third-order valence-electron chi connectivity index (χ3n) is 10.0. The second kappa shape index (κ2) is 18.0. The van der Waals surface area contributed by atoms with E-state index < -0.39 is 5.60 Å².